The summed E-state index contributed by atoms with van der Waals surface area (Å²) in [5.74, 6) is 0.718. The summed E-state index contributed by atoms with van der Waals surface area (Å²) < 4.78 is 5.15. The third-order valence-electron chi connectivity index (χ3n) is 3.82. The minimum Gasteiger partial charge on any atom is -0.495 e. The normalized spacial score (nSPS) is 17.0. The first-order chi connectivity index (χ1) is 11.2. The van der Waals surface area contributed by atoms with Gasteiger partial charge in [0.1, 0.15) is 5.75 Å². The van der Waals surface area contributed by atoms with Gasteiger partial charge in [-0.05, 0) is 37.5 Å². The summed E-state index contributed by atoms with van der Waals surface area (Å²) >= 11 is 7.56. The van der Waals surface area contributed by atoms with Crippen LogP contribution < -0.4 is 10.1 Å². The first-order valence-electron chi connectivity index (χ1n) is 7.42. The number of nitrogens with one attached hydrogen (secondary N) is 1. The molecule has 0 fully saturated rings. The Bertz CT molecular complexity index is 742. The largest absolute Gasteiger partial charge is 0.495 e. The summed E-state index contributed by atoms with van der Waals surface area (Å²) in [5.41, 5.74) is 1.69. The fraction of sp³-hybridized carbons (Fsp3) is 0.294. The van der Waals surface area contributed by atoms with Gasteiger partial charge in [0.05, 0.1) is 17.8 Å². The molecule has 6 heteroatoms. The van der Waals surface area contributed by atoms with Gasteiger partial charge < -0.3 is 10.1 Å². The van der Waals surface area contributed by atoms with E-state index in [1.54, 1.807) is 7.11 Å². The van der Waals surface area contributed by atoms with Gasteiger partial charge in [-0.25, -0.2) is 4.98 Å². The van der Waals surface area contributed by atoms with Crippen LogP contribution in [0.15, 0.2) is 35.7 Å². The Hall–Kier alpha value is -1.85. The number of methoxy groups -OCH3 is 1. The second-order valence-corrected chi connectivity index (χ2v) is 6.62. The summed E-state index contributed by atoms with van der Waals surface area (Å²) in [6.07, 6.45) is 6.86. The predicted molar refractivity (Wildman–Crippen MR) is 94.2 cm³/mol. The zero-order valence-corrected chi connectivity index (χ0v) is 14.3. The Morgan fingerprint density at radius 2 is 2.30 bits per heavy atom. The standard InChI is InChI=1S/C17H17ClN2O2S/c1-22-15-8-7-12(9-13(15)18)14-10-23-17(19-14)20-16(21)11-5-3-2-4-6-11/h2-3,7-11H,4-6H2,1H3,(H,19,20,21). The van der Waals surface area contributed by atoms with E-state index < -0.39 is 0 Å². The van der Waals surface area contributed by atoms with Crippen molar-refractivity contribution in [3.8, 4) is 17.0 Å². The van der Waals surface area contributed by atoms with Crippen LogP contribution in [0.2, 0.25) is 5.02 Å². The van der Waals surface area contributed by atoms with E-state index in [2.05, 4.69) is 22.5 Å². The quantitative estimate of drug-likeness (QED) is 0.810. The smallest absolute Gasteiger partial charge is 0.229 e. The molecule has 1 unspecified atom stereocenters. The highest BCUT2D eigenvalue weighted by Crippen LogP contribution is 2.32. The van der Waals surface area contributed by atoms with Crippen molar-refractivity contribution in [2.24, 2.45) is 5.92 Å². The maximum absolute atomic E-state index is 12.2. The Morgan fingerprint density at radius 3 is 3.00 bits per heavy atom. The van der Waals surface area contributed by atoms with Crippen LogP contribution in [-0.4, -0.2) is 18.0 Å². The molecule has 1 N–H and O–H groups in total. The molecule has 1 aromatic carbocycles. The highest BCUT2D eigenvalue weighted by molar-refractivity contribution is 7.14. The fourth-order valence-electron chi connectivity index (χ4n) is 2.53. The van der Waals surface area contributed by atoms with Crippen LogP contribution in [0, 0.1) is 5.92 Å². The van der Waals surface area contributed by atoms with E-state index in [0.29, 0.717) is 15.9 Å². The third-order valence-corrected chi connectivity index (χ3v) is 4.87. The zero-order valence-electron chi connectivity index (χ0n) is 12.7. The van der Waals surface area contributed by atoms with Crippen LogP contribution in [0.3, 0.4) is 0 Å². The maximum Gasteiger partial charge on any atom is 0.229 e. The lowest BCUT2D eigenvalue weighted by molar-refractivity contribution is -0.120. The minimum atomic E-state index is 0.0442. The average molecular weight is 349 g/mol. The number of benzene rings is 1. The van der Waals surface area contributed by atoms with Gasteiger partial charge in [-0.2, -0.15) is 0 Å². The molecule has 0 saturated carbocycles. The second-order valence-electron chi connectivity index (χ2n) is 5.36. The van der Waals surface area contributed by atoms with Crippen molar-refractivity contribution < 1.29 is 9.53 Å². The lowest BCUT2D eigenvalue weighted by Gasteiger charge is -2.15. The highest BCUT2D eigenvalue weighted by atomic mass is 35.5. The van der Waals surface area contributed by atoms with E-state index in [-0.39, 0.29) is 11.8 Å². The second kappa shape index (κ2) is 7.15. The number of aromatic nitrogens is 1. The van der Waals surface area contributed by atoms with Crippen LogP contribution in [-0.2, 0) is 4.79 Å². The average Bonchev–Trinajstić information content (AvgIpc) is 3.04. The fourth-order valence-corrected chi connectivity index (χ4v) is 3.51. The van der Waals surface area contributed by atoms with Gasteiger partial charge >= 0.3 is 0 Å². The highest BCUT2D eigenvalue weighted by Gasteiger charge is 2.19. The Kier molecular flexibility index (Phi) is 4.98. The third kappa shape index (κ3) is 3.74. The first kappa shape index (κ1) is 16.0. The molecular weight excluding hydrogens is 332 g/mol. The number of halogens is 1. The van der Waals surface area contributed by atoms with Crippen molar-refractivity contribution in [1.82, 2.24) is 4.98 Å². The van der Waals surface area contributed by atoms with Crippen LogP contribution in [0.4, 0.5) is 5.13 Å². The number of amides is 1. The molecule has 1 aliphatic rings. The van der Waals surface area contributed by atoms with Crippen LogP contribution in [0.1, 0.15) is 19.3 Å². The molecule has 0 saturated heterocycles. The molecule has 120 valence electrons. The molecule has 1 aliphatic carbocycles. The van der Waals surface area contributed by atoms with Crippen LogP contribution in [0.25, 0.3) is 11.3 Å². The van der Waals surface area contributed by atoms with Gasteiger partial charge in [-0.1, -0.05) is 23.8 Å². The van der Waals surface area contributed by atoms with Crippen molar-refractivity contribution in [2.75, 3.05) is 12.4 Å². The number of carbonyl (C=O) groups is 1. The van der Waals surface area contributed by atoms with Gasteiger partial charge in [0.25, 0.3) is 0 Å². The van der Waals surface area contributed by atoms with Crippen molar-refractivity contribution >= 4 is 34.0 Å². The maximum atomic E-state index is 12.2. The first-order valence-corrected chi connectivity index (χ1v) is 8.68. The van der Waals surface area contributed by atoms with Crippen LogP contribution in [0.5, 0.6) is 5.75 Å². The summed E-state index contributed by atoms with van der Waals surface area (Å²) in [4.78, 5) is 16.7. The van der Waals surface area contributed by atoms with Crippen molar-refractivity contribution in [1.29, 1.82) is 0 Å². The van der Waals surface area contributed by atoms with Gasteiger partial charge in [-0.3, -0.25) is 4.79 Å². The number of thiazole rings is 1. The minimum absolute atomic E-state index is 0.0442. The lowest BCUT2D eigenvalue weighted by atomic mass is 9.94. The van der Waals surface area contributed by atoms with Crippen molar-refractivity contribution in [3.05, 3.63) is 40.8 Å². The summed E-state index contributed by atoms with van der Waals surface area (Å²) in [5, 5.41) is 5.98. The molecule has 0 bridgehead atoms. The van der Waals surface area contributed by atoms with E-state index in [0.717, 1.165) is 30.5 Å². The molecule has 1 atom stereocenters. The Labute approximate surface area is 144 Å². The molecule has 0 spiro atoms. The number of nitrogens with zero attached hydrogens (tertiary/aromatic N) is 1. The number of anilines is 1. The number of carbonyl (C=O) groups excluding carboxylic acids is 1. The van der Waals surface area contributed by atoms with E-state index >= 15 is 0 Å². The number of allylic oxidation sites excluding steroid dienone is 2. The van der Waals surface area contributed by atoms with Crippen LogP contribution >= 0.6 is 22.9 Å². The monoisotopic (exact) mass is 348 g/mol. The van der Waals surface area contributed by atoms with Crippen molar-refractivity contribution in [2.45, 2.75) is 19.3 Å². The summed E-state index contributed by atoms with van der Waals surface area (Å²) in [7, 11) is 1.58. The van der Waals surface area contributed by atoms with Crippen molar-refractivity contribution in [3.63, 3.8) is 0 Å². The molecule has 0 radical (unpaired) electrons. The van der Waals surface area contributed by atoms with Gasteiger partial charge in [0, 0.05) is 16.9 Å². The molecule has 0 aliphatic heterocycles. The number of hydrogen-bond donors (Lipinski definition) is 1. The molecule has 4 nitrogen and oxygen atoms in total. The van der Waals surface area contributed by atoms with Gasteiger partial charge in [-0.15, -0.1) is 11.3 Å². The summed E-state index contributed by atoms with van der Waals surface area (Å²) in [6, 6.07) is 5.52. The predicted octanol–water partition coefficient (Wildman–Crippen LogP) is 4.77. The topological polar surface area (TPSA) is 51.2 Å². The molecule has 1 amide bonds. The van der Waals surface area contributed by atoms with Gasteiger partial charge in [0.2, 0.25) is 5.91 Å². The van der Waals surface area contributed by atoms with E-state index in [9.17, 15) is 4.79 Å². The molecule has 23 heavy (non-hydrogen) atoms. The van der Waals surface area contributed by atoms with E-state index in [4.69, 9.17) is 16.3 Å². The molecular formula is C17H17ClN2O2S. The SMILES string of the molecule is COc1ccc(-c2csc(NC(=O)C3CC=CCC3)n2)cc1Cl. The molecule has 1 aromatic heterocycles. The zero-order chi connectivity index (χ0) is 16.2. The Balaban J connectivity index is 1.71. The number of rotatable bonds is 4. The number of ether oxygens (including phenoxy) is 1. The number of hydrogen-bond acceptors (Lipinski definition) is 4. The lowest BCUT2D eigenvalue weighted by Crippen LogP contribution is -2.23. The van der Waals surface area contributed by atoms with Gasteiger partial charge in [0.15, 0.2) is 5.13 Å². The molecule has 3 rings (SSSR count). The van der Waals surface area contributed by atoms with E-state index in [1.165, 1.54) is 11.3 Å². The Morgan fingerprint density at radius 1 is 1.43 bits per heavy atom. The molecule has 2 aromatic rings. The van der Waals surface area contributed by atoms with E-state index in [1.807, 2.05) is 23.6 Å². The summed E-state index contributed by atoms with van der Waals surface area (Å²) in [6.45, 7) is 0. The molecule has 1 heterocycles.